The highest BCUT2D eigenvalue weighted by molar-refractivity contribution is 5.38. The first-order valence-electron chi connectivity index (χ1n) is 7.75. The predicted molar refractivity (Wildman–Crippen MR) is 82.1 cm³/mol. The third-order valence-electron chi connectivity index (χ3n) is 5.21. The molecule has 1 aromatic carbocycles. The number of hydrogen-bond donors (Lipinski definition) is 1. The van der Waals surface area contributed by atoms with Gasteiger partial charge >= 0.3 is 0 Å². The Balaban J connectivity index is 1.74. The largest absolute Gasteiger partial charge is 0.493 e. The van der Waals surface area contributed by atoms with Gasteiger partial charge in [0.1, 0.15) is 5.75 Å². The maximum absolute atomic E-state index is 5.84. The van der Waals surface area contributed by atoms with Crippen LogP contribution in [-0.4, -0.2) is 37.7 Å². The highest BCUT2D eigenvalue weighted by Crippen LogP contribution is 2.38. The van der Waals surface area contributed by atoms with Gasteiger partial charge in [0.15, 0.2) is 0 Å². The van der Waals surface area contributed by atoms with E-state index in [9.17, 15) is 0 Å². The van der Waals surface area contributed by atoms with Crippen LogP contribution in [0.5, 0.6) is 5.75 Å². The van der Waals surface area contributed by atoms with Crippen LogP contribution in [0.1, 0.15) is 37.8 Å². The number of ether oxygens (including phenoxy) is 1. The maximum atomic E-state index is 5.84. The van der Waals surface area contributed by atoms with Crippen molar-refractivity contribution in [2.45, 2.75) is 37.8 Å². The molecule has 20 heavy (non-hydrogen) atoms. The Bertz CT molecular complexity index is 468. The zero-order valence-electron chi connectivity index (χ0n) is 12.9. The molecule has 2 atom stereocenters. The summed E-state index contributed by atoms with van der Waals surface area (Å²) in [4.78, 5) is 2.40. The average molecular weight is 274 g/mol. The standard InChI is InChI=1S/C17H26N2O/c1-13-11-20-15-8-5-4-7-14(15)16(13)18-12-17(19(2)3)9-6-10-17/h4-5,7-8,13,16,18H,6,9-12H2,1-3H3. The van der Waals surface area contributed by atoms with Crippen molar-refractivity contribution in [1.82, 2.24) is 10.2 Å². The summed E-state index contributed by atoms with van der Waals surface area (Å²) in [5.41, 5.74) is 1.69. The number of likely N-dealkylation sites (N-methyl/N-ethyl adjacent to an activating group) is 1. The number of nitrogens with zero attached hydrogens (tertiary/aromatic N) is 1. The lowest BCUT2D eigenvalue weighted by Crippen LogP contribution is -2.57. The van der Waals surface area contributed by atoms with Crippen LogP contribution in [0.2, 0.25) is 0 Å². The van der Waals surface area contributed by atoms with E-state index in [0.29, 0.717) is 17.5 Å². The molecule has 0 aromatic heterocycles. The molecule has 1 saturated carbocycles. The molecule has 3 nitrogen and oxygen atoms in total. The molecule has 1 N–H and O–H groups in total. The molecule has 2 aliphatic rings. The first-order chi connectivity index (χ1) is 9.62. The topological polar surface area (TPSA) is 24.5 Å². The van der Waals surface area contributed by atoms with Crippen molar-refractivity contribution >= 4 is 0 Å². The molecule has 3 heteroatoms. The van der Waals surface area contributed by atoms with Crippen molar-refractivity contribution in [2.75, 3.05) is 27.2 Å². The van der Waals surface area contributed by atoms with Gasteiger partial charge in [0.2, 0.25) is 0 Å². The zero-order chi connectivity index (χ0) is 14.2. The molecular formula is C17H26N2O. The summed E-state index contributed by atoms with van der Waals surface area (Å²) in [5.74, 6) is 1.57. The first-order valence-corrected chi connectivity index (χ1v) is 7.75. The Morgan fingerprint density at radius 2 is 2.05 bits per heavy atom. The van der Waals surface area contributed by atoms with Crippen molar-refractivity contribution in [1.29, 1.82) is 0 Å². The molecule has 0 bridgehead atoms. The summed E-state index contributed by atoms with van der Waals surface area (Å²) < 4.78 is 5.84. The molecule has 0 radical (unpaired) electrons. The van der Waals surface area contributed by atoms with Gasteiger partial charge in [0.25, 0.3) is 0 Å². The Kier molecular flexibility index (Phi) is 3.74. The van der Waals surface area contributed by atoms with Crippen molar-refractivity contribution in [3.8, 4) is 5.75 Å². The maximum Gasteiger partial charge on any atom is 0.124 e. The fourth-order valence-corrected chi connectivity index (χ4v) is 3.47. The lowest BCUT2D eigenvalue weighted by Gasteiger charge is -2.48. The van der Waals surface area contributed by atoms with Gasteiger partial charge in [-0.25, -0.2) is 0 Å². The van der Waals surface area contributed by atoms with Gasteiger partial charge in [-0.15, -0.1) is 0 Å². The summed E-state index contributed by atoms with van der Waals surface area (Å²) in [7, 11) is 4.42. The molecule has 2 unspecified atom stereocenters. The molecule has 1 aliphatic heterocycles. The van der Waals surface area contributed by atoms with Crippen LogP contribution in [0.25, 0.3) is 0 Å². The number of rotatable bonds is 4. The molecule has 1 fully saturated rings. The number of benzene rings is 1. The minimum atomic E-state index is 0.368. The Hall–Kier alpha value is -1.06. The molecule has 1 heterocycles. The van der Waals surface area contributed by atoms with E-state index < -0.39 is 0 Å². The molecular weight excluding hydrogens is 248 g/mol. The van der Waals surface area contributed by atoms with Crippen LogP contribution in [0.15, 0.2) is 24.3 Å². The van der Waals surface area contributed by atoms with Gasteiger partial charge in [-0.2, -0.15) is 0 Å². The van der Waals surface area contributed by atoms with Crippen LogP contribution < -0.4 is 10.1 Å². The average Bonchev–Trinajstić information content (AvgIpc) is 2.39. The van der Waals surface area contributed by atoms with Crippen LogP contribution in [0, 0.1) is 5.92 Å². The van der Waals surface area contributed by atoms with Crippen LogP contribution >= 0.6 is 0 Å². The SMILES string of the molecule is CC1COc2ccccc2C1NCC1(N(C)C)CCC1. The van der Waals surface area contributed by atoms with E-state index in [1.807, 2.05) is 0 Å². The molecule has 0 saturated heterocycles. The van der Waals surface area contributed by atoms with E-state index in [0.717, 1.165) is 18.9 Å². The highest BCUT2D eigenvalue weighted by Gasteiger charge is 2.40. The summed E-state index contributed by atoms with van der Waals surface area (Å²) in [6.07, 6.45) is 3.98. The second kappa shape index (κ2) is 5.38. The van der Waals surface area contributed by atoms with Crippen LogP contribution in [0.4, 0.5) is 0 Å². The predicted octanol–water partition coefficient (Wildman–Crippen LogP) is 2.83. The normalized spacial score (nSPS) is 27.6. The van der Waals surface area contributed by atoms with E-state index in [-0.39, 0.29) is 0 Å². The second-order valence-electron chi connectivity index (χ2n) is 6.66. The summed E-state index contributed by atoms with van der Waals surface area (Å²) >= 11 is 0. The minimum absolute atomic E-state index is 0.368. The first kappa shape index (κ1) is 13.9. The van der Waals surface area contributed by atoms with Gasteiger partial charge in [-0.1, -0.05) is 25.1 Å². The molecule has 3 rings (SSSR count). The second-order valence-corrected chi connectivity index (χ2v) is 6.66. The fourth-order valence-electron chi connectivity index (χ4n) is 3.47. The van der Waals surface area contributed by atoms with E-state index in [4.69, 9.17) is 4.74 Å². The summed E-state index contributed by atoms with van der Waals surface area (Å²) in [5, 5.41) is 3.83. The van der Waals surface area contributed by atoms with E-state index in [2.05, 4.69) is 55.5 Å². The summed E-state index contributed by atoms with van der Waals surface area (Å²) in [6, 6.07) is 8.86. The van der Waals surface area contributed by atoms with Crippen molar-refractivity contribution in [3.05, 3.63) is 29.8 Å². The summed E-state index contributed by atoms with van der Waals surface area (Å²) in [6.45, 7) is 4.16. The van der Waals surface area contributed by atoms with E-state index >= 15 is 0 Å². The van der Waals surface area contributed by atoms with Crippen LogP contribution in [0.3, 0.4) is 0 Å². The molecule has 1 aromatic rings. The lowest BCUT2D eigenvalue weighted by atomic mass is 9.75. The van der Waals surface area contributed by atoms with Gasteiger partial charge < -0.3 is 15.0 Å². The zero-order valence-corrected chi connectivity index (χ0v) is 12.9. The van der Waals surface area contributed by atoms with Gasteiger partial charge in [0.05, 0.1) is 6.61 Å². The highest BCUT2D eigenvalue weighted by atomic mass is 16.5. The molecule has 110 valence electrons. The number of para-hydroxylation sites is 1. The Morgan fingerprint density at radius 3 is 2.70 bits per heavy atom. The monoisotopic (exact) mass is 274 g/mol. The van der Waals surface area contributed by atoms with E-state index in [1.165, 1.54) is 24.8 Å². The van der Waals surface area contributed by atoms with Crippen LogP contribution in [-0.2, 0) is 0 Å². The lowest BCUT2D eigenvalue weighted by molar-refractivity contribution is 0.0515. The number of nitrogens with one attached hydrogen (secondary N) is 1. The van der Waals surface area contributed by atoms with Crippen molar-refractivity contribution < 1.29 is 4.74 Å². The van der Waals surface area contributed by atoms with Gasteiger partial charge in [0, 0.05) is 29.6 Å². The molecule has 1 aliphatic carbocycles. The fraction of sp³-hybridized carbons (Fsp3) is 0.647. The Morgan fingerprint density at radius 1 is 1.30 bits per heavy atom. The van der Waals surface area contributed by atoms with Gasteiger partial charge in [-0.3, -0.25) is 0 Å². The third kappa shape index (κ3) is 2.33. The number of fused-ring (bicyclic) bond motifs is 1. The van der Waals surface area contributed by atoms with Gasteiger partial charge in [-0.05, 0) is 39.4 Å². The Labute approximate surface area is 122 Å². The quantitative estimate of drug-likeness (QED) is 0.913. The molecule has 0 amide bonds. The van der Waals surface area contributed by atoms with Crippen molar-refractivity contribution in [3.63, 3.8) is 0 Å². The molecule has 0 spiro atoms. The minimum Gasteiger partial charge on any atom is -0.493 e. The van der Waals surface area contributed by atoms with Crippen molar-refractivity contribution in [2.24, 2.45) is 5.92 Å². The third-order valence-corrected chi connectivity index (χ3v) is 5.21. The number of hydrogen-bond acceptors (Lipinski definition) is 3. The smallest absolute Gasteiger partial charge is 0.124 e. The van der Waals surface area contributed by atoms with E-state index in [1.54, 1.807) is 0 Å².